The van der Waals surface area contributed by atoms with Gasteiger partial charge < -0.3 is 14.8 Å². The summed E-state index contributed by atoms with van der Waals surface area (Å²) in [4.78, 5) is 20.1. The molecule has 26 heavy (non-hydrogen) atoms. The van der Waals surface area contributed by atoms with E-state index in [9.17, 15) is 4.79 Å². The molecule has 1 aliphatic rings. The minimum atomic E-state index is 0.113. The van der Waals surface area contributed by atoms with E-state index in [1.165, 1.54) is 18.4 Å². The highest BCUT2D eigenvalue weighted by atomic mass is 35.5. The summed E-state index contributed by atoms with van der Waals surface area (Å²) in [5.74, 6) is 0.657. The van der Waals surface area contributed by atoms with Crippen LogP contribution in [0.3, 0.4) is 0 Å². The predicted octanol–water partition coefficient (Wildman–Crippen LogP) is 4.00. The summed E-state index contributed by atoms with van der Waals surface area (Å²) in [7, 11) is 1.92. The fourth-order valence-corrected chi connectivity index (χ4v) is 3.93. The first-order valence-electron chi connectivity index (χ1n) is 9.39. The SMILES string of the molecule is Cc1[nH]ccc1C(=O)N(C)C[C@H]1CCCN(CCc2ccc(Cl)cc2)C1. The Hall–Kier alpha value is -1.78. The molecule has 1 aliphatic heterocycles. The molecule has 5 heteroatoms. The number of likely N-dealkylation sites (tertiary alicyclic amines) is 1. The number of aromatic amines is 1. The zero-order valence-electron chi connectivity index (χ0n) is 15.7. The number of carbonyl (C=O) groups is 1. The van der Waals surface area contributed by atoms with Gasteiger partial charge in [0.05, 0.1) is 5.56 Å². The Morgan fingerprint density at radius 3 is 2.77 bits per heavy atom. The van der Waals surface area contributed by atoms with Gasteiger partial charge in [-0.05, 0) is 62.4 Å². The van der Waals surface area contributed by atoms with Gasteiger partial charge in [-0.25, -0.2) is 0 Å². The molecular formula is C21H28ClN3O. The first kappa shape index (κ1) is 19.0. The van der Waals surface area contributed by atoms with E-state index in [1.807, 2.05) is 43.3 Å². The third-order valence-electron chi connectivity index (χ3n) is 5.30. The second-order valence-electron chi connectivity index (χ2n) is 7.39. The maximum atomic E-state index is 12.6. The van der Waals surface area contributed by atoms with E-state index in [2.05, 4.69) is 22.0 Å². The number of hydrogen-bond donors (Lipinski definition) is 1. The number of hydrogen-bond acceptors (Lipinski definition) is 2. The lowest BCUT2D eigenvalue weighted by atomic mass is 9.97. The molecule has 0 saturated carbocycles. The Balaban J connectivity index is 1.49. The highest BCUT2D eigenvalue weighted by Gasteiger charge is 2.23. The topological polar surface area (TPSA) is 39.3 Å². The molecule has 0 spiro atoms. The molecule has 1 atom stereocenters. The highest BCUT2D eigenvalue weighted by molar-refractivity contribution is 6.30. The van der Waals surface area contributed by atoms with Gasteiger partial charge in [-0.2, -0.15) is 0 Å². The number of rotatable bonds is 6. The minimum absolute atomic E-state index is 0.113. The average molecular weight is 374 g/mol. The van der Waals surface area contributed by atoms with E-state index in [4.69, 9.17) is 11.6 Å². The van der Waals surface area contributed by atoms with Crippen LogP contribution < -0.4 is 0 Å². The molecule has 3 rings (SSSR count). The Kier molecular flexibility index (Phi) is 6.38. The molecule has 2 aromatic rings. The molecule has 0 radical (unpaired) electrons. The van der Waals surface area contributed by atoms with Crippen LogP contribution in [0.25, 0.3) is 0 Å². The predicted molar refractivity (Wildman–Crippen MR) is 107 cm³/mol. The van der Waals surface area contributed by atoms with E-state index < -0.39 is 0 Å². The van der Waals surface area contributed by atoms with E-state index >= 15 is 0 Å². The first-order chi connectivity index (χ1) is 12.5. The molecule has 4 nitrogen and oxygen atoms in total. The van der Waals surface area contributed by atoms with Crippen molar-refractivity contribution in [1.82, 2.24) is 14.8 Å². The normalized spacial score (nSPS) is 18.0. The van der Waals surface area contributed by atoms with Crippen molar-refractivity contribution in [3.8, 4) is 0 Å². The largest absolute Gasteiger partial charge is 0.365 e. The lowest BCUT2D eigenvalue weighted by molar-refractivity contribution is 0.0730. The van der Waals surface area contributed by atoms with Crippen LogP contribution in [0.15, 0.2) is 36.5 Å². The summed E-state index contributed by atoms with van der Waals surface area (Å²) in [5.41, 5.74) is 3.05. The number of aryl methyl sites for hydroxylation is 1. The van der Waals surface area contributed by atoms with Gasteiger partial charge in [-0.1, -0.05) is 23.7 Å². The molecule has 1 N–H and O–H groups in total. The van der Waals surface area contributed by atoms with Gasteiger partial charge in [0.2, 0.25) is 0 Å². The molecule has 1 aromatic heterocycles. The van der Waals surface area contributed by atoms with Crippen molar-refractivity contribution < 1.29 is 4.79 Å². The lowest BCUT2D eigenvalue weighted by Crippen LogP contribution is -2.42. The maximum Gasteiger partial charge on any atom is 0.255 e. The standard InChI is InChI=1S/C21H28ClN3O/c1-16-20(9-11-23-16)21(26)24(2)14-18-4-3-12-25(15-18)13-10-17-5-7-19(22)8-6-17/h5-9,11,18,23H,3-4,10,12-15H2,1-2H3/t18-/m1/s1. The van der Waals surface area contributed by atoms with Crippen LogP contribution in [0.1, 0.15) is 34.5 Å². The van der Waals surface area contributed by atoms with Crippen LogP contribution >= 0.6 is 11.6 Å². The van der Waals surface area contributed by atoms with Crippen molar-refractivity contribution >= 4 is 17.5 Å². The molecule has 1 fully saturated rings. The molecule has 140 valence electrons. The Morgan fingerprint density at radius 1 is 1.31 bits per heavy atom. The lowest BCUT2D eigenvalue weighted by Gasteiger charge is -2.34. The van der Waals surface area contributed by atoms with Gasteiger partial charge in [0, 0.05) is 43.6 Å². The molecule has 0 bridgehead atoms. The maximum absolute atomic E-state index is 12.6. The van der Waals surface area contributed by atoms with Crippen molar-refractivity contribution in [3.63, 3.8) is 0 Å². The molecule has 1 saturated heterocycles. The monoisotopic (exact) mass is 373 g/mol. The van der Waals surface area contributed by atoms with E-state index in [1.54, 1.807) is 0 Å². The van der Waals surface area contributed by atoms with Gasteiger partial charge >= 0.3 is 0 Å². The second-order valence-corrected chi connectivity index (χ2v) is 7.82. The molecule has 0 aliphatic carbocycles. The molecular weight excluding hydrogens is 346 g/mol. The minimum Gasteiger partial charge on any atom is -0.365 e. The number of nitrogens with zero attached hydrogens (tertiary/aromatic N) is 2. The number of nitrogens with one attached hydrogen (secondary N) is 1. The quantitative estimate of drug-likeness (QED) is 0.831. The van der Waals surface area contributed by atoms with E-state index in [0.717, 1.165) is 48.9 Å². The van der Waals surface area contributed by atoms with Crippen molar-refractivity contribution in [2.45, 2.75) is 26.2 Å². The van der Waals surface area contributed by atoms with Crippen LogP contribution in [0.4, 0.5) is 0 Å². The van der Waals surface area contributed by atoms with Crippen LogP contribution in [-0.2, 0) is 6.42 Å². The van der Waals surface area contributed by atoms with Gasteiger partial charge in [-0.3, -0.25) is 4.79 Å². The summed E-state index contributed by atoms with van der Waals surface area (Å²) in [6, 6.07) is 10.00. The molecule has 0 unspecified atom stereocenters. The number of piperidine rings is 1. The van der Waals surface area contributed by atoms with Crippen LogP contribution in [0.5, 0.6) is 0 Å². The van der Waals surface area contributed by atoms with Crippen molar-refractivity contribution in [2.75, 3.05) is 33.2 Å². The zero-order chi connectivity index (χ0) is 18.5. The number of aromatic nitrogens is 1. The summed E-state index contributed by atoms with van der Waals surface area (Å²) in [6.45, 7) is 6.05. The van der Waals surface area contributed by atoms with Crippen LogP contribution in [-0.4, -0.2) is 53.9 Å². The van der Waals surface area contributed by atoms with Crippen LogP contribution in [0, 0.1) is 12.8 Å². The van der Waals surface area contributed by atoms with Crippen molar-refractivity contribution in [2.24, 2.45) is 5.92 Å². The number of benzene rings is 1. The summed E-state index contributed by atoms with van der Waals surface area (Å²) >= 11 is 5.96. The third-order valence-corrected chi connectivity index (χ3v) is 5.55. The third kappa shape index (κ3) is 4.89. The van der Waals surface area contributed by atoms with Crippen LogP contribution in [0.2, 0.25) is 5.02 Å². The summed E-state index contributed by atoms with van der Waals surface area (Å²) < 4.78 is 0. The first-order valence-corrected chi connectivity index (χ1v) is 9.77. The number of carbonyl (C=O) groups excluding carboxylic acids is 1. The number of amides is 1. The van der Waals surface area contributed by atoms with E-state index in [-0.39, 0.29) is 5.91 Å². The molecule has 2 heterocycles. The van der Waals surface area contributed by atoms with Gasteiger partial charge in [0.25, 0.3) is 5.91 Å². The second kappa shape index (κ2) is 8.74. The molecule has 1 amide bonds. The summed E-state index contributed by atoms with van der Waals surface area (Å²) in [6.07, 6.45) is 5.27. The fourth-order valence-electron chi connectivity index (χ4n) is 3.80. The Labute approximate surface area is 161 Å². The van der Waals surface area contributed by atoms with Crippen molar-refractivity contribution in [3.05, 3.63) is 58.4 Å². The van der Waals surface area contributed by atoms with Gasteiger partial charge in [0.1, 0.15) is 0 Å². The van der Waals surface area contributed by atoms with Gasteiger partial charge in [0.15, 0.2) is 0 Å². The van der Waals surface area contributed by atoms with Gasteiger partial charge in [-0.15, -0.1) is 0 Å². The average Bonchev–Trinajstić information content (AvgIpc) is 3.07. The van der Waals surface area contributed by atoms with E-state index in [0.29, 0.717) is 5.92 Å². The summed E-state index contributed by atoms with van der Waals surface area (Å²) in [5, 5.41) is 0.789. The van der Waals surface area contributed by atoms with Crippen molar-refractivity contribution in [1.29, 1.82) is 0 Å². The molecule has 1 aromatic carbocycles. The zero-order valence-corrected chi connectivity index (χ0v) is 16.4. The highest BCUT2D eigenvalue weighted by Crippen LogP contribution is 2.19. The fraction of sp³-hybridized carbons (Fsp3) is 0.476. The Bertz CT molecular complexity index is 725. The number of halogens is 1. The number of H-pyrrole nitrogens is 1. The Morgan fingerprint density at radius 2 is 2.08 bits per heavy atom. The smallest absolute Gasteiger partial charge is 0.255 e.